The van der Waals surface area contributed by atoms with Crippen LogP contribution in [0.15, 0.2) is 110 Å². The molecule has 4 aromatic carbocycles. The minimum Gasteiger partial charge on any atom is -0.458 e. The summed E-state index contributed by atoms with van der Waals surface area (Å²) >= 11 is 0. The van der Waals surface area contributed by atoms with Gasteiger partial charge in [-0.2, -0.15) is 0 Å². The van der Waals surface area contributed by atoms with Crippen molar-refractivity contribution in [2.75, 3.05) is 0 Å². The maximum absolute atomic E-state index is 6.62. The zero-order chi connectivity index (χ0) is 38.1. The Morgan fingerprint density at radius 2 is 1.21 bits per heavy atom. The van der Waals surface area contributed by atoms with Gasteiger partial charge in [0, 0.05) is 35.4 Å². The molecule has 0 saturated heterocycles. The van der Waals surface area contributed by atoms with E-state index in [9.17, 15) is 0 Å². The molecule has 5 heteroatoms. The monoisotopic (exact) mass is 702 g/mol. The summed E-state index contributed by atoms with van der Waals surface area (Å²) in [4.78, 5) is 4.90. The van der Waals surface area contributed by atoms with Gasteiger partial charge >= 0.3 is 0 Å². The second kappa shape index (κ2) is 12.8. The van der Waals surface area contributed by atoms with Gasteiger partial charge in [-0.25, -0.2) is 4.98 Å². The lowest BCUT2D eigenvalue weighted by Gasteiger charge is -2.26. The average Bonchev–Trinajstić information content (AvgIpc) is 3.70. The quantitative estimate of drug-likeness (QED) is 0.132. The standard InChI is InChI=1S/C48H54N4O/c1-45(2,3)32-16-19-42-41(27-32)40-18-17-39(30-43(40)52(42)44-28-33(20-21-49-44)46(4,5)6)53-38-15-13-14-36(29-38)50-22-23-51(31-50)37-25-34(47(7,8)9)24-35(26-37)48(10,11)12/h13-30H,1-12H3. The molecule has 3 heterocycles. The highest BCUT2D eigenvalue weighted by atomic mass is 16.5. The van der Waals surface area contributed by atoms with Crippen LogP contribution < -0.4 is 9.30 Å². The van der Waals surface area contributed by atoms with Gasteiger partial charge in [0.05, 0.1) is 22.4 Å². The van der Waals surface area contributed by atoms with Gasteiger partial charge in [-0.15, -0.1) is 0 Å². The van der Waals surface area contributed by atoms with Crippen LogP contribution in [-0.2, 0) is 21.7 Å². The average molecular weight is 703 g/mol. The van der Waals surface area contributed by atoms with E-state index in [1.54, 1.807) is 0 Å². The van der Waals surface area contributed by atoms with Crippen LogP contribution >= 0.6 is 0 Å². The third-order valence-electron chi connectivity index (χ3n) is 10.3. The molecular formula is C48H54N4O. The molecule has 0 spiro atoms. The van der Waals surface area contributed by atoms with E-state index in [-0.39, 0.29) is 21.7 Å². The maximum Gasteiger partial charge on any atom is 0.268 e. The summed E-state index contributed by atoms with van der Waals surface area (Å²) in [6.45, 7) is 27.1. The Hall–Kier alpha value is -5.16. The first kappa shape index (κ1) is 36.2. The van der Waals surface area contributed by atoms with Gasteiger partial charge in [-0.3, -0.25) is 13.7 Å². The lowest BCUT2D eigenvalue weighted by Crippen LogP contribution is -2.30. The lowest BCUT2D eigenvalue weighted by atomic mass is 9.80. The highest BCUT2D eigenvalue weighted by molar-refractivity contribution is 6.09. The number of hydrogen-bond acceptors (Lipinski definition) is 2. The van der Waals surface area contributed by atoms with E-state index in [1.807, 2.05) is 22.9 Å². The molecule has 53 heavy (non-hydrogen) atoms. The van der Waals surface area contributed by atoms with Crippen molar-refractivity contribution in [2.24, 2.45) is 0 Å². The van der Waals surface area contributed by atoms with E-state index >= 15 is 0 Å². The fourth-order valence-electron chi connectivity index (χ4n) is 6.84. The molecule has 0 amide bonds. The van der Waals surface area contributed by atoms with E-state index in [4.69, 9.17) is 9.72 Å². The van der Waals surface area contributed by atoms with Crippen molar-refractivity contribution in [1.82, 2.24) is 14.1 Å². The summed E-state index contributed by atoms with van der Waals surface area (Å²) in [5, 5.41) is 2.38. The fraction of sp³-hybridized carbons (Fsp3) is 0.333. The number of ether oxygens (including phenoxy) is 1. The molecule has 5 nitrogen and oxygen atoms in total. The van der Waals surface area contributed by atoms with Crippen molar-refractivity contribution in [3.63, 3.8) is 0 Å². The predicted octanol–water partition coefficient (Wildman–Crippen LogP) is 12.0. The molecule has 7 aromatic rings. The van der Waals surface area contributed by atoms with Gasteiger partial charge in [0.1, 0.15) is 17.3 Å². The normalized spacial score (nSPS) is 12.9. The molecule has 0 bridgehead atoms. The highest BCUT2D eigenvalue weighted by Crippen LogP contribution is 2.38. The van der Waals surface area contributed by atoms with Crippen LogP contribution in [0.2, 0.25) is 0 Å². The van der Waals surface area contributed by atoms with Crippen molar-refractivity contribution in [2.45, 2.75) is 105 Å². The lowest BCUT2D eigenvalue weighted by molar-refractivity contribution is -0.599. The van der Waals surface area contributed by atoms with Crippen molar-refractivity contribution >= 4 is 21.8 Å². The van der Waals surface area contributed by atoms with Gasteiger partial charge in [0.15, 0.2) is 0 Å². The van der Waals surface area contributed by atoms with E-state index in [1.165, 1.54) is 33.0 Å². The molecule has 0 aliphatic heterocycles. The molecule has 0 radical (unpaired) electrons. The Bertz CT molecular complexity index is 2440. The molecule has 7 rings (SSSR count). The molecule has 0 aliphatic rings. The summed E-state index contributed by atoms with van der Waals surface area (Å²) in [7, 11) is 0. The summed E-state index contributed by atoms with van der Waals surface area (Å²) in [6, 6.07) is 32.7. The summed E-state index contributed by atoms with van der Waals surface area (Å²) in [5.41, 5.74) is 9.53. The number of pyridine rings is 1. The van der Waals surface area contributed by atoms with Crippen molar-refractivity contribution < 1.29 is 9.30 Å². The number of rotatable bonds is 5. The van der Waals surface area contributed by atoms with Gasteiger partial charge in [-0.1, -0.05) is 101 Å². The van der Waals surface area contributed by atoms with Crippen LogP contribution in [0, 0.1) is 6.33 Å². The van der Waals surface area contributed by atoms with E-state index in [0.29, 0.717) is 0 Å². The van der Waals surface area contributed by atoms with Gasteiger partial charge in [0.25, 0.3) is 6.33 Å². The fourth-order valence-corrected chi connectivity index (χ4v) is 6.84. The third-order valence-corrected chi connectivity index (χ3v) is 10.3. The molecule has 272 valence electrons. The highest BCUT2D eigenvalue weighted by Gasteiger charge is 2.23. The Labute approximate surface area is 315 Å². The van der Waals surface area contributed by atoms with Crippen LogP contribution in [0.3, 0.4) is 0 Å². The number of nitrogens with zero attached hydrogens (tertiary/aromatic N) is 4. The minimum absolute atomic E-state index is 0.00259. The van der Waals surface area contributed by atoms with Crippen LogP contribution in [-0.4, -0.2) is 14.1 Å². The van der Waals surface area contributed by atoms with Crippen LogP contribution in [0.5, 0.6) is 11.5 Å². The van der Waals surface area contributed by atoms with Gasteiger partial charge < -0.3 is 4.74 Å². The number of benzene rings is 4. The zero-order valence-electron chi connectivity index (χ0n) is 33.6. The molecule has 0 aliphatic carbocycles. The van der Waals surface area contributed by atoms with Gasteiger partial charge in [0.2, 0.25) is 0 Å². The third kappa shape index (κ3) is 7.27. The second-order valence-electron chi connectivity index (χ2n) is 18.7. The number of hydrogen-bond donors (Lipinski definition) is 0. The Morgan fingerprint density at radius 1 is 0.566 bits per heavy atom. The van der Waals surface area contributed by atoms with Crippen molar-refractivity contribution in [3.8, 4) is 28.7 Å². The first-order valence-electron chi connectivity index (χ1n) is 18.8. The molecule has 0 atom stereocenters. The number of fused-ring (bicyclic) bond motifs is 3. The van der Waals surface area contributed by atoms with Gasteiger partial charge in [-0.05, 0) is 111 Å². The van der Waals surface area contributed by atoms with Crippen molar-refractivity contribution in [3.05, 3.63) is 138 Å². The number of imidazole rings is 1. The summed E-state index contributed by atoms with van der Waals surface area (Å²) in [5.74, 6) is 2.42. The summed E-state index contributed by atoms with van der Waals surface area (Å²) in [6.07, 6.45) is 9.60. The van der Waals surface area contributed by atoms with E-state index in [0.717, 1.165) is 39.7 Å². The smallest absolute Gasteiger partial charge is 0.268 e. The Kier molecular flexibility index (Phi) is 8.71. The molecule has 0 fully saturated rings. The van der Waals surface area contributed by atoms with Crippen LogP contribution in [0.1, 0.15) is 105 Å². The minimum atomic E-state index is -0.00259. The van der Waals surface area contributed by atoms with Crippen LogP contribution in [0.25, 0.3) is 39.0 Å². The predicted molar refractivity (Wildman–Crippen MR) is 220 cm³/mol. The molecular weight excluding hydrogens is 649 g/mol. The first-order valence-corrected chi connectivity index (χ1v) is 18.8. The molecule has 3 aromatic heterocycles. The molecule has 0 saturated carbocycles. The van der Waals surface area contributed by atoms with E-state index in [2.05, 4.69) is 190 Å². The maximum atomic E-state index is 6.62. The topological polar surface area (TPSA) is 35.9 Å². The van der Waals surface area contributed by atoms with Crippen LogP contribution in [0.4, 0.5) is 0 Å². The molecule has 0 unspecified atom stereocenters. The molecule has 0 N–H and O–H groups in total. The second-order valence-corrected chi connectivity index (χ2v) is 18.7. The SMILES string of the molecule is CC(C)(C)c1cc(-[n+]2[c-]n(-c3cccc(Oc4ccc5c6cc(C(C)(C)C)ccc6n(-c6cc(C(C)(C)C)ccn6)c5c4)c3)cc2)cc(C(C)(C)C)c1. The summed E-state index contributed by atoms with van der Waals surface area (Å²) < 4.78 is 13.0. The Balaban J connectivity index is 1.27. The first-order chi connectivity index (χ1) is 24.8. The number of aromatic nitrogens is 4. The zero-order valence-corrected chi connectivity index (χ0v) is 33.6. The van der Waals surface area contributed by atoms with Crippen molar-refractivity contribution in [1.29, 1.82) is 0 Å². The largest absolute Gasteiger partial charge is 0.458 e. The Morgan fingerprint density at radius 3 is 1.87 bits per heavy atom. The van der Waals surface area contributed by atoms with E-state index < -0.39 is 0 Å².